The molecule has 2 N–H and O–H groups in total. The van der Waals surface area contributed by atoms with Crippen LogP contribution in [0.4, 0.5) is 5.69 Å². The van der Waals surface area contributed by atoms with Crippen molar-refractivity contribution in [3.05, 3.63) is 29.8 Å². The van der Waals surface area contributed by atoms with Crippen molar-refractivity contribution in [2.24, 2.45) is 0 Å². The maximum atomic E-state index is 11.9. The molecule has 2 rings (SSSR count). The predicted molar refractivity (Wildman–Crippen MR) is 96.5 cm³/mol. The van der Waals surface area contributed by atoms with Crippen LogP contribution in [0.25, 0.3) is 0 Å². The van der Waals surface area contributed by atoms with Gasteiger partial charge in [0.15, 0.2) is 0 Å². The van der Waals surface area contributed by atoms with Crippen LogP contribution in [-0.4, -0.2) is 45.2 Å². The van der Waals surface area contributed by atoms with Gasteiger partial charge in [0.25, 0.3) is 0 Å². The highest BCUT2D eigenvalue weighted by molar-refractivity contribution is 5.93. The molecule has 1 aromatic carbocycles. The molecule has 134 valence electrons. The number of nitrogens with zero attached hydrogens (tertiary/aromatic N) is 1. The van der Waals surface area contributed by atoms with Crippen LogP contribution in [0.5, 0.6) is 0 Å². The lowest BCUT2D eigenvalue weighted by molar-refractivity contribution is -0.120. The molecule has 1 aliphatic heterocycles. The first-order valence-corrected chi connectivity index (χ1v) is 8.06. The van der Waals surface area contributed by atoms with Crippen molar-refractivity contribution >= 4 is 29.9 Å². The van der Waals surface area contributed by atoms with Crippen molar-refractivity contribution in [1.82, 2.24) is 10.6 Å². The molecule has 1 aliphatic rings. The third kappa shape index (κ3) is 6.47. The number of anilines is 1. The number of amides is 2. The Balaban J connectivity index is 0.00000288. The number of carbonyl (C=O) groups is 2. The molecule has 0 aromatic heterocycles. The highest BCUT2D eigenvalue weighted by Crippen LogP contribution is 2.21. The number of carbonyl (C=O) groups excluding carboxylic acids is 2. The Labute approximate surface area is 149 Å². The molecule has 0 aliphatic carbocycles. The summed E-state index contributed by atoms with van der Waals surface area (Å²) >= 11 is 0. The van der Waals surface area contributed by atoms with E-state index in [1.807, 2.05) is 29.2 Å². The molecule has 0 radical (unpaired) electrons. The highest BCUT2D eigenvalue weighted by atomic mass is 35.5. The molecule has 0 bridgehead atoms. The van der Waals surface area contributed by atoms with E-state index in [-0.39, 0.29) is 30.8 Å². The fourth-order valence-corrected chi connectivity index (χ4v) is 2.51. The molecule has 0 spiro atoms. The molecule has 6 nitrogen and oxygen atoms in total. The smallest absolute Gasteiger partial charge is 0.234 e. The van der Waals surface area contributed by atoms with E-state index in [9.17, 15) is 9.59 Å². The number of piperidine rings is 1. The molecule has 1 heterocycles. The van der Waals surface area contributed by atoms with Crippen LogP contribution < -0.4 is 15.5 Å². The van der Waals surface area contributed by atoms with Crippen LogP contribution in [0.15, 0.2) is 24.3 Å². The predicted octanol–water partition coefficient (Wildman–Crippen LogP) is 1.48. The number of ether oxygens (including phenoxy) is 1. The largest absolute Gasteiger partial charge is 0.383 e. The highest BCUT2D eigenvalue weighted by Gasteiger charge is 2.19. The Morgan fingerprint density at radius 3 is 2.67 bits per heavy atom. The second-order valence-electron chi connectivity index (χ2n) is 5.62. The molecular formula is C17H26ClN3O3. The first-order chi connectivity index (χ1) is 11.2. The quantitative estimate of drug-likeness (QED) is 0.693. The number of nitrogens with one attached hydrogen (secondary N) is 2. The number of methoxy groups -OCH3 is 1. The van der Waals surface area contributed by atoms with Gasteiger partial charge in [-0.05, 0) is 30.5 Å². The summed E-state index contributed by atoms with van der Waals surface area (Å²) in [6.07, 6.45) is 2.67. The number of benzene rings is 1. The van der Waals surface area contributed by atoms with E-state index in [2.05, 4.69) is 10.6 Å². The van der Waals surface area contributed by atoms with E-state index < -0.39 is 0 Å². The molecule has 0 saturated carbocycles. The first-order valence-electron chi connectivity index (χ1n) is 8.06. The molecule has 0 atom stereocenters. The van der Waals surface area contributed by atoms with Crippen LogP contribution >= 0.6 is 12.4 Å². The van der Waals surface area contributed by atoms with E-state index in [1.54, 1.807) is 7.11 Å². The van der Waals surface area contributed by atoms with Crippen LogP contribution in [0.1, 0.15) is 24.8 Å². The number of hydrogen-bond acceptors (Lipinski definition) is 4. The molecule has 2 amide bonds. The summed E-state index contributed by atoms with van der Waals surface area (Å²) in [5.41, 5.74) is 1.95. The minimum atomic E-state index is -0.0450. The minimum Gasteiger partial charge on any atom is -0.383 e. The van der Waals surface area contributed by atoms with Gasteiger partial charge in [0.1, 0.15) is 0 Å². The molecule has 1 fully saturated rings. The third-order valence-corrected chi connectivity index (χ3v) is 3.83. The Hall–Kier alpha value is -1.63. The Kier molecular flexibility index (Phi) is 9.37. The van der Waals surface area contributed by atoms with Gasteiger partial charge in [0.05, 0.1) is 13.2 Å². The fourth-order valence-electron chi connectivity index (χ4n) is 2.51. The van der Waals surface area contributed by atoms with Crippen molar-refractivity contribution in [1.29, 1.82) is 0 Å². The summed E-state index contributed by atoms with van der Waals surface area (Å²) in [6, 6.07) is 7.80. The van der Waals surface area contributed by atoms with Gasteiger partial charge in [-0.2, -0.15) is 0 Å². The third-order valence-electron chi connectivity index (χ3n) is 3.83. The van der Waals surface area contributed by atoms with Gasteiger partial charge in [-0.15, -0.1) is 12.4 Å². The van der Waals surface area contributed by atoms with Crippen molar-refractivity contribution in [2.45, 2.75) is 25.8 Å². The average Bonchev–Trinajstić information content (AvgIpc) is 2.58. The summed E-state index contributed by atoms with van der Waals surface area (Å²) in [5, 5.41) is 5.86. The second-order valence-corrected chi connectivity index (χ2v) is 5.62. The monoisotopic (exact) mass is 355 g/mol. The lowest BCUT2D eigenvalue weighted by atomic mass is 10.1. The standard InChI is InChI=1S/C17H25N3O3.ClH/c1-23-11-9-18-13-16(21)19-12-14-5-7-15(8-6-14)20-10-3-2-4-17(20)22;/h5-8,18H,2-4,9-13H2,1H3,(H,19,21);1H. The van der Waals surface area contributed by atoms with E-state index >= 15 is 0 Å². The van der Waals surface area contributed by atoms with E-state index in [1.165, 1.54) is 0 Å². The zero-order chi connectivity index (χ0) is 16.5. The average molecular weight is 356 g/mol. The van der Waals surface area contributed by atoms with Crippen molar-refractivity contribution in [3.63, 3.8) is 0 Å². The molecule has 1 aromatic rings. The lowest BCUT2D eigenvalue weighted by Gasteiger charge is -2.26. The van der Waals surface area contributed by atoms with Gasteiger partial charge in [0, 0.05) is 38.9 Å². The summed E-state index contributed by atoms with van der Waals surface area (Å²) in [6.45, 7) is 2.80. The molecular weight excluding hydrogens is 330 g/mol. The van der Waals surface area contributed by atoms with Crippen LogP contribution in [0, 0.1) is 0 Å². The molecule has 1 saturated heterocycles. The second kappa shape index (κ2) is 11.0. The number of rotatable bonds is 8. The van der Waals surface area contributed by atoms with Gasteiger partial charge < -0.3 is 20.3 Å². The van der Waals surface area contributed by atoms with Gasteiger partial charge in [-0.1, -0.05) is 12.1 Å². The Morgan fingerprint density at radius 2 is 2.00 bits per heavy atom. The Bertz CT molecular complexity index is 522. The van der Waals surface area contributed by atoms with Gasteiger partial charge in [-0.25, -0.2) is 0 Å². The summed E-state index contributed by atoms with van der Waals surface area (Å²) in [7, 11) is 1.63. The van der Waals surface area contributed by atoms with Crippen molar-refractivity contribution in [2.75, 3.05) is 38.3 Å². The van der Waals surface area contributed by atoms with E-state index in [4.69, 9.17) is 4.74 Å². The minimum absolute atomic E-state index is 0. The van der Waals surface area contributed by atoms with Crippen molar-refractivity contribution < 1.29 is 14.3 Å². The van der Waals surface area contributed by atoms with E-state index in [0.717, 1.165) is 30.6 Å². The van der Waals surface area contributed by atoms with Crippen LogP contribution in [-0.2, 0) is 20.9 Å². The van der Waals surface area contributed by atoms with Gasteiger partial charge in [0.2, 0.25) is 11.8 Å². The number of halogens is 1. The van der Waals surface area contributed by atoms with Crippen molar-refractivity contribution in [3.8, 4) is 0 Å². The lowest BCUT2D eigenvalue weighted by Crippen LogP contribution is -2.35. The van der Waals surface area contributed by atoms with Crippen LogP contribution in [0.3, 0.4) is 0 Å². The summed E-state index contributed by atoms with van der Waals surface area (Å²) in [4.78, 5) is 25.4. The molecule has 24 heavy (non-hydrogen) atoms. The Morgan fingerprint density at radius 1 is 1.25 bits per heavy atom. The number of hydrogen-bond donors (Lipinski definition) is 2. The van der Waals surface area contributed by atoms with Crippen LogP contribution in [0.2, 0.25) is 0 Å². The fraction of sp³-hybridized carbons (Fsp3) is 0.529. The SMILES string of the molecule is COCCNCC(=O)NCc1ccc(N2CCCCC2=O)cc1.Cl. The molecule has 7 heteroatoms. The maximum absolute atomic E-state index is 11.9. The maximum Gasteiger partial charge on any atom is 0.234 e. The summed E-state index contributed by atoms with van der Waals surface area (Å²) in [5.74, 6) is 0.149. The zero-order valence-corrected chi connectivity index (χ0v) is 14.9. The zero-order valence-electron chi connectivity index (χ0n) is 14.0. The first kappa shape index (κ1) is 20.4. The topological polar surface area (TPSA) is 70.7 Å². The van der Waals surface area contributed by atoms with E-state index in [0.29, 0.717) is 26.1 Å². The van der Waals surface area contributed by atoms with Gasteiger partial charge in [-0.3, -0.25) is 9.59 Å². The van der Waals surface area contributed by atoms with Gasteiger partial charge >= 0.3 is 0 Å². The summed E-state index contributed by atoms with van der Waals surface area (Å²) < 4.78 is 4.90. The normalized spacial score (nSPS) is 14.2. The molecule has 0 unspecified atom stereocenters.